The summed E-state index contributed by atoms with van der Waals surface area (Å²) in [5, 5.41) is 14.9. The molecule has 0 aromatic carbocycles. The topological polar surface area (TPSA) is 91.2 Å². The molecule has 2 N–H and O–H groups in total. The number of anilines is 2. The van der Waals surface area contributed by atoms with E-state index >= 15 is 0 Å². The maximum Gasteiger partial charge on any atom is 0.317 e. The van der Waals surface area contributed by atoms with E-state index in [1.807, 2.05) is 30.2 Å². The number of carboxylic acid groups (broad SMARTS) is 1. The molecule has 122 valence electrons. The van der Waals surface area contributed by atoms with Crippen LogP contribution in [0, 0.1) is 13.8 Å². The highest BCUT2D eigenvalue weighted by molar-refractivity contribution is 7.13. The summed E-state index contributed by atoms with van der Waals surface area (Å²) in [5.74, 6) is 0.897. The minimum atomic E-state index is -0.786. The largest absolute Gasteiger partial charge is 0.480 e. The second-order valence-corrected chi connectivity index (χ2v) is 6.62. The van der Waals surface area contributed by atoms with Gasteiger partial charge in [0.15, 0.2) is 5.13 Å². The van der Waals surface area contributed by atoms with Gasteiger partial charge in [-0.25, -0.2) is 15.0 Å². The van der Waals surface area contributed by atoms with Gasteiger partial charge >= 0.3 is 5.97 Å². The van der Waals surface area contributed by atoms with Gasteiger partial charge in [0.05, 0.1) is 17.9 Å². The number of aromatic nitrogens is 3. The Morgan fingerprint density at radius 3 is 2.96 bits per heavy atom. The van der Waals surface area contributed by atoms with Crippen molar-refractivity contribution in [2.24, 2.45) is 0 Å². The van der Waals surface area contributed by atoms with Gasteiger partial charge < -0.3 is 10.4 Å². The van der Waals surface area contributed by atoms with Gasteiger partial charge in [0.1, 0.15) is 11.6 Å². The number of aryl methyl sites for hydroxylation is 2. The number of likely N-dealkylation sites (tertiary alicyclic amines) is 1. The molecule has 1 atom stereocenters. The molecule has 3 rings (SSSR count). The number of carboxylic acids is 1. The number of thiazole rings is 1. The molecule has 0 unspecified atom stereocenters. The molecule has 1 saturated heterocycles. The van der Waals surface area contributed by atoms with Crippen molar-refractivity contribution < 1.29 is 9.90 Å². The maximum atomic E-state index is 10.8. The number of carbonyl (C=O) groups is 1. The van der Waals surface area contributed by atoms with Crippen molar-refractivity contribution in [1.82, 2.24) is 19.9 Å². The normalized spacial score (nSPS) is 18.3. The van der Waals surface area contributed by atoms with Crippen molar-refractivity contribution in [3.05, 3.63) is 28.7 Å². The van der Waals surface area contributed by atoms with Gasteiger partial charge in [0.25, 0.3) is 0 Å². The number of rotatable bonds is 5. The van der Waals surface area contributed by atoms with E-state index in [2.05, 4.69) is 20.3 Å². The van der Waals surface area contributed by atoms with Crippen LogP contribution in [0.5, 0.6) is 0 Å². The third-order valence-electron chi connectivity index (χ3n) is 3.76. The van der Waals surface area contributed by atoms with Crippen molar-refractivity contribution in [3.8, 4) is 0 Å². The molecule has 0 aliphatic carbocycles. The van der Waals surface area contributed by atoms with Crippen LogP contribution in [0.15, 0.2) is 11.4 Å². The Kier molecular flexibility index (Phi) is 4.53. The summed E-state index contributed by atoms with van der Waals surface area (Å²) in [7, 11) is 0. The monoisotopic (exact) mass is 333 g/mol. The highest BCUT2D eigenvalue weighted by Crippen LogP contribution is 2.28. The first kappa shape index (κ1) is 15.8. The van der Waals surface area contributed by atoms with E-state index in [9.17, 15) is 4.79 Å². The molecule has 1 aliphatic rings. The predicted octanol–water partition coefficient (Wildman–Crippen LogP) is 2.17. The number of nitrogens with zero attached hydrogens (tertiary/aromatic N) is 4. The van der Waals surface area contributed by atoms with Gasteiger partial charge in [-0.2, -0.15) is 0 Å². The number of hydrogen-bond donors (Lipinski definition) is 2. The lowest BCUT2D eigenvalue weighted by Crippen LogP contribution is -2.27. The molecule has 0 bridgehead atoms. The minimum Gasteiger partial charge on any atom is -0.480 e. The quantitative estimate of drug-likeness (QED) is 0.866. The average molecular weight is 333 g/mol. The summed E-state index contributed by atoms with van der Waals surface area (Å²) in [6, 6.07) is 1.94. The Bertz CT molecular complexity index is 718. The summed E-state index contributed by atoms with van der Waals surface area (Å²) < 4.78 is 0. The lowest BCUT2D eigenvalue weighted by Gasteiger charge is -2.14. The molecule has 0 saturated carbocycles. The van der Waals surface area contributed by atoms with Gasteiger partial charge in [-0.05, 0) is 26.8 Å². The molecule has 23 heavy (non-hydrogen) atoms. The van der Waals surface area contributed by atoms with Crippen molar-refractivity contribution >= 4 is 28.3 Å². The first-order valence-electron chi connectivity index (χ1n) is 7.48. The van der Waals surface area contributed by atoms with E-state index in [0.717, 1.165) is 41.8 Å². The lowest BCUT2D eigenvalue weighted by molar-refractivity contribution is -0.138. The number of hydrogen-bond acceptors (Lipinski definition) is 7. The van der Waals surface area contributed by atoms with Crippen molar-refractivity contribution in [2.45, 2.75) is 26.2 Å². The van der Waals surface area contributed by atoms with Crippen LogP contribution < -0.4 is 5.32 Å². The van der Waals surface area contributed by atoms with Crippen molar-refractivity contribution in [1.29, 1.82) is 0 Å². The third kappa shape index (κ3) is 4.02. The van der Waals surface area contributed by atoms with Crippen LogP contribution in [-0.4, -0.2) is 50.6 Å². The van der Waals surface area contributed by atoms with Crippen molar-refractivity contribution in [3.63, 3.8) is 0 Å². The van der Waals surface area contributed by atoms with Gasteiger partial charge in [0, 0.05) is 23.9 Å². The van der Waals surface area contributed by atoms with E-state index in [0.29, 0.717) is 5.82 Å². The van der Waals surface area contributed by atoms with Crippen LogP contribution in [-0.2, 0) is 4.79 Å². The summed E-state index contributed by atoms with van der Waals surface area (Å²) in [4.78, 5) is 26.1. The molecule has 0 spiro atoms. The van der Waals surface area contributed by atoms with Crippen LogP contribution in [0.1, 0.15) is 29.6 Å². The predicted molar refractivity (Wildman–Crippen MR) is 88.3 cm³/mol. The molecule has 3 heterocycles. The van der Waals surface area contributed by atoms with Gasteiger partial charge in [0.2, 0.25) is 0 Å². The molecule has 1 fully saturated rings. The zero-order chi connectivity index (χ0) is 16.4. The average Bonchev–Trinajstić information content (AvgIpc) is 3.07. The Morgan fingerprint density at radius 2 is 2.26 bits per heavy atom. The molecule has 0 amide bonds. The highest BCUT2D eigenvalue weighted by atomic mass is 32.1. The molecule has 7 nitrogen and oxygen atoms in total. The van der Waals surface area contributed by atoms with Crippen LogP contribution >= 0.6 is 11.3 Å². The number of nitrogens with one attached hydrogen (secondary N) is 1. The van der Waals surface area contributed by atoms with E-state index < -0.39 is 5.97 Å². The molecule has 2 aromatic heterocycles. The van der Waals surface area contributed by atoms with Crippen molar-refractivity contribution in [2.75, 3.05) is 25.0 Å². The molecule has 0 radical (unpaired) electrons. The molecule has 2 aromatic rings. The van der Waals surface area contributed by atoms with E-state index in [4.69, 9.17) is 5.11 Å². The minimum absolute atomic E-state index is 0.0874. The standard InChI is InChI=1S/C15H19N5O2S/c1-9-8-23-15(16-9)19-13-5-12(17-10(2)18-13)11-3-4-20(6-11)7-14(21)22/h5,8,11H,3-4,6-7H2,1-2H3,(H,21,22)(H,16,17,18,19)/t11-/m1/s1. The first-order valence-corrected chi connectivity index (χ1v) is 8.36. The molecular formula is C15H19N5O2S. The van der Waals surface area contributed by atoms with Crippen LogP contribution in [0.3, 0.4) is 0 Å². The highest BCUT2D eigenvalue weighted by Gasteiger charge is 2.26. The fourth-order valence-electron chi connectivity index (χ4n) is 2.79. The van der Waals surface area contributed by atoms with E-state index in [-0.39, 0.29) is 12.5 Å². The Morgan fingerprint density at radius 1 is 1.43 bits per heavy atom. The van der Waals surface area contributed by atoms with Crippen LogP contribution in [0.4, 0.5) is 10.9 Å². The SMILES string of the molecule is Cc1csc(Nc2cc([C@@H]3CCN(CC(=O)O)C3)nc(C)n2)n1. The van der Waals surface area contributed by atoms with Gasteiger partial charge in [-0.1, -0.05) is 0 Å². The first-order chi connectivity index (χ1) is 11.0. The summed E-state index contributed by atoms with van der Waals surface area (Å²) in [6.07, 6.45) is 0.916. The number of aliphatic carboxylic acids is 1. The van der Waals surface area contributed by atoms with Gasteiger partial charge in [-0.15, -0.1) is 11.3 Å². The van der Waals surface area contributed by atoms with Crippen LogP contribution in [0.2, 0.25) is 0 Å². The van der Waals surface area contributed by atoms with E-state index in [1.165, 1.54) is 11.3 Å². The molecule has 8 heteroatoms. The zero-order valence-corrected chi connectivity index (χ0v) is 13.9. The smallest absolute Gasteiger partial charge is 0.317 e. The zero-order valence-electron chi connectivity index (χ0n) is 13.1. The maximum absolute atomic E-state index is 10.8. The summed E-state index contributed by atoms with van der Waals surface area (Å²) in [6.45, 7) is 5.41. The second-order valence-electron chi connectivity index (χ2n) is 5.76. The van der Waals surface area contributed by atoms with E-state index in [1.54, 1.807) is 0 Å². The summed E-state index contributed by atoms with van der Waals surface area (Å²) in [5.41, 5.74) is 1.93. The fraction of sp³-hybridized carbons (Fsp3) is 0.467. The third-order valence-corrected chi connectivity index (χ3v) is 4.64. The fourth-order valence-corrected chi connectivity index (χ4v) is 3.49. The molecule has 1 aliphatic heterocycles. The lowest BCUT2D eigenvalue weighted by atomic mass is 10.0. The molecular weight excluding hydrogens is 314 g/mol. The Labute approximate surface area is 138 Å². The second kappa shape index (κ2) is 6.59. The Balaban J connectivity index is 1.74. The van der Waals surface area contributed by atoms with Gasteiger partial charge in [-0.3, -0.25) is 9.69 Å². The van der Waals surface area contributed by atoms with Crippen LogP contribution in [0.25, 0.3) is 0 Å². The summed E-state index contributed by atoms with van der Waals surface area (Å²) >= 11 is 1.54. The Hall–Kier alpha value is -2.06.